The van der Waals surface area contributed by atoms with Gasteiger partial charge in [-0.3, -0.25) is 55.4 Å². The fraction of sp³-hybridized carbons (Fsp3) is 0.314. The predicted molar refractivity (Wildman–Crippen MR) is 581 cm³/mol. The Morgan fingerprint density at radius 3 is 1.05 bits per heavy atom. The average Bonchev–Trinajstić information content (AvgIpc) is 0.856. The minimum Gasteiger partial charge on any atom is -0.496 e. The summed E-state index contributed by atoms with van der Waals surface area (Å²) in [5, 5.41) is 33.6. The van der Waals surface area contributed by atoms with Crippen LogP contribution >= 0.6 is 84.5 Å². The van der Waals surface area contributed by atoms with E-state index in [1.807, 2.05) is 103 Å². The van der Waals surface area contributed by atoms with Crippen molar-refractivity contribution in [2.75, 3.05) is 66.5 Å². The first-order valence-corrected chi connectivity index (χ1v) is 44.7. The van der Waals surface area contributed by atoms with Crippen LogP contribution in [0.15, 0.2) is 223 Å². The molecule has 0 aliphatic carbocycles. The van der Waals surface area contributed by atoms with Crippen molar-refractivity contribution in [1.82, 2.24) is 16.0 Å². The van der Waals surface area contributed by atoms with E-state index in [0.29, 0.717) is 84.2 Å². The number of halogens is 3. The molecular formula is C105H132Cl3N11O15S4. The Morgan fingerprint density at radius 2 is 0.717 bits per heavy atom. The van der Waals surface area contributed by atoms with Gasteiger partial charge in [-0.15, -0.1) is 12.4 Å². The molecule has 0 radical (unpaired) electrons. The van der Waals surface area contributed by atoms with Crippen LogP contribution in [0.2, 0.25) is 10.0 Å². The molecule has 13 N–H and O–H groups in total. The third-order valence-electron chi connectivity index (χ3n) is 18.5. The lowest BCUT2D eigenvalue weighted by molar-refractivity contribution is -0.134. The van der Waals surface area contributed by atoms with Crippen LogP contribution in [0.3, 0.4) is 0 Å². The smallest absolute Gasteiger partial charge is 0.412 e. The maximum absolute atomic E-state index is 12.6. The molecule has 0 aliphatic rings. The van der Waals surface area contributed by atoms with Gasteiger partial charge in [0, 0.05) is 86.8 Å². The lowest BCUT2D eigenvalue weighted by Crippen LogP contribution is -2.34. The predicted octanol–water partition coefficient (Wildman–Crippen LogP) is 25.5. The second-order valence-electron chi connectivity index (χ2n) is 35.9. The van der Waals surface area contributed by atoms with E-state index in [4.69, 9.17) is 110 Å². The molecular weight excluding hydrogens is 1890 g/mol. The number of benzene rings is 10. The quantitative estimate of drug-likeness (QED) is 0.0175. The summed E-state index contributed by atoms with van der Waals surface area (Å²) in [5.41, 5.74) is 24.0. The highest BCUT2D eigenvalue weighted by molar-refractivity contribution is 7.81. The van der Waals surface area contributed by atoms with Crippen molar-refractivity contribution < 1.29 is 71.9 Å². The Balaban J connectivity index is 0.000000848. The third kappa shape index (κ3) is 45.4. The fourth-order valence-corrected chi connectivity index (χ4v) is 12.6. The van der Waals surface area contributed by atoms with E-state index in [2.05, 4.69) is 148 Å². The minimum atomic E-state index is -0.833. The molecule has 26 nitrogen and oxygen atoms in total. The second kappa shape index (κ2) is 58.0. The van der Waals surface area contributed by atoms with Gasteiger partial charge in [0.2, 0.25) is 0 Å². The summed E-state index contributed by atoms with van der Waals surface area (Å²) in [6.07, 6.45) is 1.23. The molecule has 10 rings (SSSR count). The number of nitrogens with two attached hydrogens (primary N) is 2. The van der Waals surface area contributed by atoms with Crippen LogP contribution in [0, 0.1) is 0 Å². The monoisotopic (exact) mass is 2020 g/mol. The Hall–Kier alpha value is -12.9. The number of nitrogens with one attached hydrogen (secondary N) is 8. The number of amides is 6. The topological polar surface area (TPSA) is 373 Å². The number of carbonyl (C=O) groups excluding carboxylic acids is 7. The van der Waals surface area contributed by atoms with Gasteiger partial charge in [0.15, 0.2) is 21.6 Å². The molecule has 0 atom stereocenters. The van der Waals surface area contributed by atoms with Gasteiger partial charge in [0.1, 0.15) is 34.2 Å². The number of aliphatic carboxylic acids is 1. The number of carboxylic acids is 1. The van der Waals surface area contributed by atoms with Gasteiger partial charge in [-0.2, -0.15) is 4.99 Å². The summed E-state index contributed by atoms with van der Waals surface area (Å²) in [4.78, 5) is 94.8. The largest absolute Gasteiger partial charge is 0.496 e. The van der Waals surface area contributed by atoms with Gasteiger partial charge in [-0.25, -0.2) is 9.59 Å². The number of aldehydes is 1. The minimum absolute atomic E-state index is 0. The summed E-state index contributed by atoms with van der Waals surface area (Å²) in [6, 6.07) is 65.6. The Morgan fingerprint density at radius 1 is 0.406 bits per heavy atom. The number of anilines is 7. The SMILES string of the molecule is C.C.CC(=O)O.CC(C)(C)c1ccc(C(=O)N=C=S)cc1.COc1cc(N)ccc1NC(=O)OC(C)(C)C.COc1cc(NC(=S)NC(=O)c2ccc(C(C)(C)C)cc2)ccc1CCc1ccccc1Cl.COc1cc(NC(=S)NC(=O)c2ccc(C(C)(C)C)cc2)ccc1N.COc1cc(NC(=S)NC(=O)c2ccc(C(C)(C)C)cc2)ccc1NC(=O)OC(C)(C)C.Cl.O=Cc1ccccc1Cl. The van der Waals surface area contributed by atoms with E-state index >= 15 is 0 Å². The number of aliphatic imine (C=N–C) groups is 1. The Bertz CT molecular complexity index is 5780. The summed E-state index contributed by atoms with van der Waals surface area (Å²) in [5.74, 6) is 0.194. The number of methoxy groups -OCH3 is 4. The van der Waals surface area contributed by atoms with Crippen LogP contribution < -0.4 is 72.9 Å². The first-order valence-electron chi connectivity index (χ1n) is 42.3. The molecule has 742 valence electrons. The summed E-state index contributed by atoms with van der Waals surface area (Å²) in [6.45, 7) is 37.3. The molecule has 0 heterocycles. The van der Waals surface area contributed by atoms with Gasteiger partial charge >= 0.3 is 12.2 Å². The van der Waals surface area contributed by atoms with Crippen molar-refractivity contribution in [2.45, 2.75) is 192 Å². The fourth-order valence-electron chi connectivity index (χ4n) is 11.5. The molecule has 0 aliphatic heterocycles. The second-order valence-corrected chi connectivity index (χ2v) is 38.1. The number of isothiocyanates is 1. The zero-order chi connectivity index (χ0) is 102. The molecule has 0 saturated carbocycles. The molecule has 33 heteroatoms. The van der Waals surface area contributed by atoms with Gasteiger partial charge < -0.3 is 60.9 Å². The number of thiocarbonyl (C=S) groups is 4. The lowest BCUT2D eigenvalue weighted by atomic mass is 9.86. The molecule has 0 unspecified atom stereocenters. The Labute approximate surface area is 850 Å². The zero-order valence-corrected chi connectivity index (χ0v) is 86.4. The van der Waals surface area contributed by atoms with E-state index in [9.17, 15) is 33.6 Å². The van der Waals surface area contributed by atoms with Crippen molar-refractivity contribution in [2.24, 2.45) is 4.99 Å². The summed E-state index contributed by atoms with van der Waals surface area (Å²) >= 11 is 32.0. The first kappa shape index (κ1) is 123. The molecule has 138 heavy (non-hydrogen) atoms. The number of carboxylic acid groups (broad SMARTS) is 1. The number of hydrogen-bond acceptors (Lipinski definition) is 20. The molecule has 0 spiro atoms. The number of ether oxygens (including phenoxy) is 6. The van der Waals surface area contributed by atoms with Gasteiger partial charge in [-0.1, -0.05) is 212 Å². The van der Waals surface area contributed by atoms with Crippen molar-refractivity contribution in [3.05, 3.63) is 290 Å². The van der Waals surface area contributed by atoms with Crippen LogP contribution in [-0.4, -0.2) is 113 Å². The van der Waals surface area contributed by atoms with Crippen LogP contribution in [0.25, 0.3) is 0 Å². The number of carbonyl (C=O) groups is 8. The van der Waals surface area contributed by atoms with Crippen LogP contribution in [0.4, 0.5) is 49.4 Å². The molecule has 0 fully saturated rings. The normalized spacial score (nSPS) is 10.5. The Kier molecular flexibility index (Phi) is 51.7. The number of nitrogens with zero attached hydrogens (tertiary/aromatic N) is 1. The van der Waals surface area contributed by atoms with Crippen molar-refractivity contribution >= 4 is 193 Å². The number of rotatable bonds is 17. The number of hydrogen-bond donors (Lipinski definition) is 11. The van der Waals surface area contributed by atoms with Gasteiger partial charge in [-0.05, 0) is 261 Å². The maximum Gasteiger partial charge on any atom is 0.412 e. The van der Waals surface area contributed by atoms with Crippen LogP contribution in [0.5, 0.6) is 23.0 Å². The third-order valence-corrected chi connectivity index (χ3v) is 19.9. The van der Waals surface area contributed by atoms with Crippen molar-refractivity contribution in [1.29, 1.82) is 0 Å². The van der Waals surface area contributed by atoms with Crippen molar-refractivity contribution in [3.63, 3.8) is 0 Å². The maximum atomic E-state index is 12.6. The number of aryl methyl sites for hydroxylation is 2. The molecule has 0 saturated heterocycles. The highest BCUT2D eigenvalue weighted by atomic mass is 35.5. The molecule has 10 aromatic rings. The van der Waals surface area contributed by atoms with E-state index in [-0.39, 0.29) is 87.9 Å². The highest BCUT2D eigenvalue weighted by Gasteiger charge is 2.24. The van der Waals surface area contributed by atoms with Gasteiger partial charge in [0.25, 0.3) is 29.6 Å². The standard InChI is InChI=1S/C27H29ClN2O2S.C24H31N3O4S.C19H23N3O2S.C12H18N2O3.C12H13NOS.C7H5ClO.C2H4O2.2CH4.ClH/c1-27(2,3)21-14-11-20(12-15-21)25(31)30-26(33)29-22-16-13-19(24(17-22)32-4)10-9-18-7-5-6-8-23(18)28;1-23(2,3)16-10-8-15(9-11-16)20(28)27-21(32)25-17-12-13-18(19(14-17)30-7)26-22(29)31-24(4,5)6;1-19(2,3)13-7-5-12(6-8-13)17(23)22-18(25)21-14-9-10-15(20)16(11-14)24-4;1-12(2,3)17-11(15)14-9-6-5-8(13)7-10(9)16-4;1-12(2,3)10-6-4-9(5-7-10)11(14)13-8-15;8-7-4-2-1-3-6(7)5-9;1-2(3)4;;;/h5-8,11-17H,9-10H2,1-4H3,(H2,29,30,31,33);8-14H,1-7H3,(H,26,29)(H2,25,27,28,32);5-11H,20H2,1-4H3,(H2,21,22,23,25);5-7H,13H2,1-4H3,(H,14,15);4-7H,1-3H3;1-5H;1H3,(H,3,4);2*1H4;1H. The number of nitrogen functional groups attached to an aromatic ring is 2. The van der Waals surface area contributed by atoms with E-state index in [1.54, 1.807) is 164 Å². The first-order chi connectivity index (χ1) is 63.0. The van der Waals surface area contributed by atoms with E-state index < -0.39 is 29.4 Å². The summed E-state index contributed by atoms with van der Waals surface area (Å²) in [7, 11) is 6.17. The van der Waals surface area contributed by atoms with Crippen LogP contribution in [0.1, 0.15) is 232 Å². The zero-order valence-electron chi connectivity index (χ0n) is 80.8. The van der Waals surface area contributed by atoms with E-state index in [0.717, 1.165) is 59.2 Å². The van der Waals surface area contributed by atoms with E-state index in [1.165, 1.54) is 38.0 Å². The van der Waals surface area contributed by atoms with Crippen molar-refractivity contribution in [3.8, 4) is 23.0 Å². The average molecular weight is 2020 g/mol. The molecule has 10 aromatic carbocycles. The molecule has 0 aromatic heterocycles. The molecule has 6 amide bonds. The van der Waals surface area contributed by atoms with Crippen LogP contribution in [-0.2, 0) is 48.8 Å². The highest BCUT2D eigenvalue weighted by Crippen LogP contribution is 2.33. The molecule has 0 bridgehead atoms. The lowest BCUT2D eigenvalue weighted by Gasteiger charge is -2.20. The summed E-state index contributed by atoms with van der Waals surface area (Å²) < 4.78 is 31.6. The van der Waals surface area contributed by atoms with Gasteiger partial charge in [0.05, 0.1) is 55.7 Å².